The summed E-state index contributed by atoms with van der Waals surface area (Å²) < 4.78 is 1.91. The highest BCUT2D eigenvalue weighted by atomic mass is 28.2. The number of rotatable bonds is 7. The van der Waals surface area contributed by atoms with Gasteiger partial charge >= 0.3 is 0 Å². The third-order valence-electron chi connectivity index (χ3n) is 5.66. The van der Waals surface area contributed by atoms with E-state index in [1.807, 2.05) is 41.1 Å². The van der Waals surface area contributed by atoms with E-state index < -0.39 is 9.52 Å². The summed E-state index contributed by atoms with van der Waals surface area (Å²) >= 11 is 0. The third kappa shape index (κ3) is 7.26. The molecule has 0 atom stereocenters. The lowest BCUT2D eigenvalue weighted by molar-refractivity contribution is 0.738. The highest BCUT2D eigenvalue weighted by Gasteiger charge is 2.06. The molecule has 1 heterocycles. The molecule has 0 spiro atoms. The van der Waals surface area contributed by atoms with Gasteiger partial charge in [-0.15, -0.1) is 0 Å². The quantitative estimate of drug-likeness (QED) is 0.297. The van der Waals surface area contributed by atoms with Crippen molar-refractivity contribution in [2.24, 2.45) is 0 Å². The predicted octanol–water partition coefficient (Wildman–Crippen LogP) is 5.44. The average molecular weight is 469 g/mol. The maximum absolute atomic E-state index is 6.12. The van der Waals surface area contributed by atoms with Crippen LogP contribution in [-0.4, -0.2) is 32.1 Å². The Morgan fingerprint density at radius 1 is 0.714 bits per heavy atom. The molecule has 0 aliphatic heterocycles. The van der Waals surface area contributed by atoms with Gasteiger partial charge in [0.2, 0.25) is 0 Å². The normalized spacial score (nSPS) is 10.7. The van der Waals surface area contributed by atoms with Crippen molar-refractivity contribution in [3.63, 3.8) is 0 Å². The van der Waals surface area contributed by atoms with Gasteiger partial charge in [0.25, 0.3) is 0 Å². The Hall–Kier alpha value is -3.96. The Kier molecular flexibility index (Phi) is 9.02. The zero-order chi connectivity index (χ0) is 24.1. The van der Waals surface area contributed by atoms with Gasteiger partial charge in [-0.05, 0) is 33.6 Å². The third-order valence-corrected chi connectivity index (χ3v) is 7.07. The van der Waals surface area contributed by atoms with Crippen molar-refractivity contribution in [1.29, 1.82) is 0 Å². The van der Waals surface area contributed by atoms with Crippen molar-refractivity contribution in [1.82, 2.24) is 14.8 Å². The molecule has 5 aromatic rings. The van der Waals surface area contributed by atoms with Crippen LogP contribution in [0.2, 0.25) is 0 Å². The van der Waals surface area contributed by atoms with Gasteiger partial charge in [0.05, 0.1) is 17.4 Å². The molecule has 0 bridgehead atoms. The Morgan fingerprint density at radius 2 is 1.17 bits per heavy atom. The molecule has 0 N–H and O–H groups in total. The van der Waals surface area contributed by atoms with Crippen molar-refractivity contribution in [2.45, 2.75) is 12.0 Å². The second-order valence-electron chi connectivity index (χ2n) is 8.10. The lowest BCUT2D eigenvalue weighted by Crippen LogP contribution is -2.05. The Bertz CT molecular complexity index is 1200. The van der Waals surface area contributed by atoms with E-state index in [1.54, 1.807) is 12.7 Å². The minimum Gasteiger partial charge on any atom is -0.256 e. The van der Waals surface area contributed by atoms with Crippen molar-refractivity contribution < 1.29 is 0 Å². The van der Waals surface area contributed by atoms with Gasteiger partial charge in [0.15, 0.2) is 0 Å². The molecule has 5 heteroatoms. The largest absolute Gasteiger partial charge is 0.256 e. The summed E-state index contributed by atoms with van der Waals surface area (Å²) in [6, 6.07) is 41.4. The SMILES string of the molecule is C([SiH2]Cn1cncn1)=C(c1ccccc1)c1ccccc1.[B]C(c1ccccc1)c1ccccc1. The van der Waals surface area contributed by atoms with Crippen LogP contribution in [0.3, 0.4) is 0 Å². The lowest BCUT2D eigenvalue weighted by atomic mass is 9.76. The first-order valence-corrected chi connectivity index (χ1v) is 13.6. The molecular weight excluding hydrogens is 441 g/mol. The van der Waals surface area contributed by atoms with Crippen LogP contribution in [0.4, 0.5) is 0 Å². The molecule has 0 unspecified atom stereocenters. The van der Waals surface area contributed by atoms with E-state index in [0.717, 1.165) is 17.3 Å². The fraction of sp³-hybridized carbons (Fsp3) is 0.0667. The number of nitrogens with zero attached hydrogens (tertiary/aromatic N) is 3. The molecule has 170 valence electrons. The molecular formula is C30H28BN3Si. The Labute approximate surface area is 211 Å². The smallest absolute Gasteiger partial charge is 0.137 e. The Balaban J connectivity index is 0.000000179. The molecule has 4 aromatic carbocycles. The lowest BCUT2D eigenvalue weighted by Gasteiger charge is -2.12. The van der Waals surface area contributed by atoms with Gasteiger partial charge in [-0.1, -0.05) is 127 Å². The first-order chi connectivity index (χ1) is 17.3. The van der Waals surface area contributed by atoms with Crippen LogP contribution in [0.1, 0.15) is 28.1 Å². The van der Waals surface area contributed by atoms with Gasteiger partial charge in [-0.3, -0.25) is 4.68 Å². The monoisotopic (exact) mass is 469 g/mol. The molecule has 0 aliphatic rings. The molecule has 0 aliphatic carbocycles. The van der Waals surface area contributed by atoms with Crippen LogP contribution in [0.25, 0.3) is 5.57 Å². The maximum Gasteiger partial charge on any atom is 0.137 e. The molecule has 0 saturated heterocycles. The van der Waals surface area contributed by atoms with E-state index in [9.17, 15) is 0 Å². The van der Waals surface area contributed by atoms with Gasteiger partial charge in [0, 0.05) is 6.17 Å². The summed E-state index contributed by atoms with van der Waals surface area (Å²) in [4.78, 5) is 3.99. The summed E-state index contributed by atoms with van der Waals surface area (Å²) in [5.41, 5.74) is 8.58. The fourth-order valence-corrected chi connectivity index (χ4v) is 5.23. The molecule has 35 heavy (non-hydrogen) atoms. The van der Waals surface area contributed by atoms with Gasteiger partial charge in [-0.2, -0.15) is 5.10 Å². The van der Waals surface area contributed by atoms with Crippen LogP contribution >= 0.6 is 0 Å². The van der Waals surface area contributed by atoms with E-state index in [1.165, 1.54) is 16.7 Å². The van der Waals surface area contributed by atoms with E-state index in [4.69, 9.17) is 7.85 Å². The second-order valence-corrected chi connectivity index (χ2v) is 9.53. The molecule has 0 amide bonds. The highest BCUT2D eigenvalue weighted by molar-refractivity contribution is 6.42. The van der Waals surface area contributed by atoms with Crippen molar-refractivity contribution >= 4 is 22.9 Å². The summed E-state index contributed by atoms with van der Waals surface area (Å²) in [5, 5.41) is 4.17. The maximum atomic E-state index is 6.12. The molecule has 3 nitrogen and oxygen atoms in total. The van der Waals surface area contributed by atoms with E-state index in [-0.39, 0.29) is 5.82 Å². The first-order valence-electron chi connectivity index (χ1n) is 11.8. The van der Waals surface area contributed by atoms with E-state index in [0.29, 0.717) is 0 Å². The van der Waals surface area contributed by atoms with Crippen LogP contribution in [-0.2, 0) is 6.17 Å². The molecule has 5 rings (SSSR count). The predicted molar refractivity (Wildman–Crippen MR) is 149 cm³/mol. The summed E-state index contributed by atoms with van der Waals surface area (Å²) in [7, 11) is 5.72. The second kappa shape index (κ2) is 13.1. The van der Waals surface area contributed by atoms with Crippen molar-refractivity contribution in [2.75, 3.05) is 0 Å². The van der Waals surface area contributed by atoms with Gasteiger partial charge < -0.3 is 0 Å². The van der Waals surface area contributed by atoms with Crippen LogP contribution in [0, 0.1) is 0 Å². The zero-order valence-electron chi connectivity index (χ0n) is 19.7. The van der Waals surface area contributed by atoms with Gasteiger partial charge in [0.1, 0.15) is 12.7 Å². The standard InChI is InChI=1S/C17H17N3Si.C13H11B/c1-3-7-15(8-4-1)17(16-9-5-2-6-10-16)11-21-14-20-13-18-12-19-20;14-13(11-7-3-1-4-8-11)12-9-5-2-6-10-12/h1-13H,14,21H2;1-10,13H. The van der Waals surface area contributed by atoms with Crippen LogP contribution in [0.15, 0.2) is 140 Å². The van der Waals surface area contributed by atoms with E-state index >= 15 is 0 Å². The first kappa shape index (κ1) is 24.2. The fourth-order valence-electron chi connectivity index (χ4n) is 3.84. The zero-order valence-corrected chi connectivity index (χ0v) is 21.1. The topological polar surface area (TPSA) is 30.7 Å². The minimum atomic E-state index is -0.394. The minimum absolute atomic E-state index is 0.0163. The number of hydrogen-bond donors (Lipinski definition) is 0. The van der Waals surface area contributed by atoms with Crippen LogP contribution in [0.5, 0.6) is 0 Å². The molecule has 1 aromatic heterocycles. The Morgan fingerprint density at radius 3 is 1.60 bits per heavy atom. The molecule has 0 saturated carbocycles. The summed E-state index contributed by atoms with van der Waals surface area (Å²) in [5.74, 6) is -0.0163. The number of aromatic nitrogens is 3. The van der Waals surface area contributed by atoms with E-state index in [2.05, 4.69) is 101 Å². The summed E-state index contributed by atoms with van der Waals surface area (Å²) in [6.07, 6.45) is 4.35. The van der Waals surface area contributed by atoms with Gasteiger partial charge in [-0.25, -0.2) is 4.98 Å². The average Bonchev–Trinajstić information content (AvgIpc) is 3.47. The van der Waals surface area contributed by atoms with Crippen molar-refractivity contribution in [3.8, 4) is 0 Å². The van der Waals surface area contributed by atoms with Crippen LogP contribution < -0.4 is 0 Å². The summed E-state index contributed by atoms with van der Waals surface area (Å²) in [6.45, 7) is 0. The number of hydrogen-bond acceptors (Lipinski definition) is 2. The number of benzene rings is 4. The molecule has 2 radical (unpaired) electrons. The van der Waals surface area contributed by atoms with Crippen molar-refractivity contribution in [3.05, 3.63) is 162 Å². The highest BCUT2D eigenvalue weighted by Crippen LogP contribution is 2.22. The molecule has 0 fully saturated rings.